The highest BCUT2D eigenvalue weighted by Crippen LogP contribution is 2.16. The summed E-state index contributed by atoms with van der Waals surface area (Å²) in [4.78, 5) is 24.5. The van der Waals surface area contributed by atoms with Crippen molar-refractivity contribution in [2.75, 3.05) is 18.4 Å². The van der Waals surface area contributed by atoms with Crippen LogP contribution in [-0.2, 0) is 9.53 Å². The number of amides is 2. The minimum absolute atomic E-state index is 0.000321. The zero-order valence-electron chi connectivity index (χ0n) is 11.1. The topological polar surface area (TPSA) is 58.6 Å². The Bertz CT molecular complexity index is 448. The molecule has 1 N–H and O–H groups in total. The fourth-order valence-corrected chi connectivity index (χ4v) is 2.30. The number of nitrogens with one attached hydrogen (secondary N) is 1. The van der Waals surface area contributed by atoms with Crippen molar-refractivity contribution in [2.24, 2.45) is 0 Å². The number of morpholine rings is 1. The molecule has 1 fully saturated rings. The maximum Gasteiger partial charge on any atom is 0.254 e. The van der Waals surface area contributed by atoms with E-state index in [9.17, 15) is 9.59 Å². The summed E-state index contributed by atoms with van der Waals surface area (Å²) in [5, 5.41) is 2.54. The Labute approximate surface area is 112 Å². The van der Waals surface area contributed by atoms with Crippen LogP contribution >= 0.6 is 0 Å². The summed E-state index contributed by atoms with van der Waals surface area (Å²) in [6, 6.07) is 6.88. The van der Waals surface area contributed by atoms with E-state index in [1.807, 2.05) is 13.8 Å². The van der Waals surface area contributed by atoms with Crippen LogP contribution in [0.15, 0.2) is 24.3 Å². The number of hydrogen-bond acceptors (Lipinski definition) is 3. The van der Waals surface area contributed by atoms with Gasteiger partial charge in [-0.15, -0.1) is 0 Å². The van der Waals surface area contributed by atoms with Gasteiger partial charge in [0.2, 0.25) is 6.41 Å². The number of benzene rings is 1. The molecule has 0 radical (unpaired) electrons. The minimum Gasteiger partial charge on any atom is -0.372 e. The van der Waals surface area contributed by atoms with Crippen LogP contribution in [-0.4, -0.2) is 42.5 Å². The van der Waals surface area contributed by atoms with Gasteiger partial charge in [0, 0.05) is 24.3 Å². The number of anilines is 1. The second-order valence-electron chi connectivity index (χ2n) is 4.81. The van der Waals surface area contributed by atoms with E-state index in [0.717, 1.165) is 0 Å². The number of carbonyl (C=O) groups excluding carboxylic acids is 2. The maximum absolute atomic E-state index is 12.3. The third-order valence-electron chi connectivity index (χ3n) is 3.06. The number of rotatable bonds is 3. The van der Waals surface area contributed by atoms with E-state index in [2.05, 4.69) is 5.32 Å². The Balaban J connectivity index is 2.08. The molecule has 102 valence electrons. The molecule has 19 heavy (non-hydrogen) atoms. The molecule has 2 unspecified atom stereocenters. The van der Waals surface area contributed by atoms with E-state index < -0.39 is 0 Å². The molecule has 0 aliphatic carbocycles. The lowest BCUT2D eigenvalue weighted by Crippen LogP contribution is -2.48. The van der Waals surface area contributed by atoms with Crippen LogP contribution in [0.5, 0.6) is 0 Å². The molecule has 5 heteroatoms. The normalized spacial score (nSPS) is 22.9. The van der Waals surface area contributed by atoms with Crippen LogP contribution in [0.1, 0.15) is 24.2 Å². The van der Waals surface area contributed by atoms with E-state index in [-0.39, 0.29) is 18.1 Å². The van der Waals surface area contributed by atoms with Crippen molar-refractivity contribution >= 4 is 18.0 Å². The second-order valence-corrected chi connectivity index (χ2v) is 4.81. The Morgan fingerprint density at radius 3 is 2.37 bits per heavy atom. The van der Waals surface area contributed by atoms with Gasteiger partial charge in [-0.05, 0) is 38.1 Å². The van der Waals surface area contributed by atoms with Crippen molar-refractivity contribution in [1.82, 2.24) is 4.90 Å². The molecule has 1 aliphatic heterocycles. The number of ether oxygens (including phenoxy) is 1. The van der Waals surface area contributed by atoms with Gasteiger partial charge in [0.15, 0.2) is 0 Å². The van der Waals surface area contributed by atoms with E-state index in [1.165, 1.54) is 0 Å². The molecule has 1 heterocycles. The highest BCUT2D eigenvalue weighted by Gasteiger charge is 2.26. The predicted molar refractivity (Wildman–Crippen MR) is 72.0 cm³/mol. The fourth-order valence-electron chi connectivity index (χ4n) is 2.30. The fraction of sp³-hybridized carbons (Fsp3) is 0.429. The lowest BCUT2D eigenvalue weighted by molar-refractivity contribution is -0.105. The molecule has 1 aromatic carbocycles. The molecule has 5 nitrogen and oxygen atoms in total. The van der Waals surface area contributed by atoms with Crippen LogP contribution in [0.3, 0.4) is 0 Å². The minimum atomic E-state index is -0.000321. The first-order valence-corrected chi connectivity index (χ1v) is 6.35. The van der Waals surface area contributed by atoms with Gasteiger partial charge in [-0.2, -0.15) is 0 Å². The first kappa shape index (κ1) is 13.5. The van der Waals surface area contributed by atoms with Gasteiger partial charge in [0.25, 0.3) is 5.91 Å². The first-order valence-electron chi connectivity index (χ1n) is 6.35. The SMILES string of the molecule is CC1CN(C(=O)c2ccc(NC=O)cc2)CC(C)O1. The molecule has 0 bridgehead atoms. The Morgan fingerprint density at radius 1 is 1.26 bits per heavy atom. The molecule has 2 rings (SSSR count). The van der Waals surface area contributed by atoms with Gasteiger partial charge < -0.3 is 15.0 Å². The summed E-state index contributed by atoms with van der Waals surface area (Å²) in [7, 11) is 0. The van der Waals surface area contributed by atoms with Gasteiger partial charge in [-0.1, -0.05) is 0 Å². The lowest BCUT2D eigenvalue weighted by Gasteiger charge is -2.35. The number of carbonyl (C=O) groups is 2. The van der Waals surface area contributed by atoms with Gasteiger partial charge in [-0.25, -0.2) is 0 Å². The third-order valence-corrected chi connectivity index (χ3v) is 3.06. The summed E-state index contributed by atoms with van der Waals surface area (Å²) < 4.78 is 5.61. The standard InChI is InChI=1S/C14H18N2O3/c1-10-7-16(8-11(2)19-10)14(18)12-3-5-13(6-4-12)15-9-17/h3-6,9-11H,7-8H2,1-2H3,(H,15,17). The molecule has 0 aromatic heterocycles. The predicted octanol–water partition coefficient (Wildman–Crippen LogP) is 1.50. The molecule has 1 aromatic rings. The third kappa shape index (κ3) is 3.32. The Kier molecular flexibility index (Phi) is 4.16. The van der Waals surface area contributed by atoms with Crippen molar-refractivity contribution < 1.29 is 14.3 Å². The quantitative estimate of drug-likeness (QED) is 0.840. The van der Waals surface area contributed by atoms with Gasteiger partial charge in [-0.3, -0.25) is 9.59 Å². The number of hydrogen-bond donors (Lipinski definition) is 1. The Morgan fingerprint density at radius 2 is 1.84 bits per heavy atom. The second kappa shape index (κ2) is 5.84. The van der Waals surface area contributed by atoms with E-state index >= 15 is 0 Å². The summed E-state index contributed by atoms with van der Waals surface area (Å²) in [5.41, 5.74) is 1.30. The van der Waals surface area contributed by atoms with Gasteiger partial charge in [0.1, 0.15) is 0 Å². The van der Waals surface area contributed by atoms with E-state index in [4.69, 9.17) is 4.74 Å². The van der Waals surface area contributed by atoms with Gasteiger partial charge >= 0.3 is 0 Å². The van der Waals surface area contributed by atoms with E-state index in [0.29, 0.717) is 30.8 Å². The highest BCUT2D eigenvalue weighted by atomic mass is 16.5. The van der Waals surface area contributed by atoms with E-state index in [1.54, 1.807) is 29.2 Å². The van der Waals surface area contributed by atoms with Crippen LogP contribution in [0, 0.1) is 0 Å². The molecule has 0 spiro atoms. The Hall–Kier alpha value is -1.88. The zero-order chi connectivity index (χ0) is 13.8. The molecule has 0 saturated carbocycles. The van der Waals surface area contributed by atoms with Crippen LogP contribution in [0.2, 0.25) is 0 Å². The van der Waals surface area contributed by atoms with Crippen molar-refractivity contribution in [1.29, 1.82) is 0 Å². The molecular formula is C14H18N2O3. The number of nitrogens with zero attached hydrogens (tertiary/aromatic N) is 1. The summed E-state index contributed by atoms with van der Waals surface area (Å²) in [6.07, 6.45) is 0.731. The highest BCUT2D eigenvalue weighted by molar-refractivity contribution is 5.94. The molecule has 1 aliphatic rings. The molecule has 2 amide bonds. The average molecular weight is 262 g/mol. The smallest absolute Gasteiger partial charge is 0.254 e. The largest absolute Gasteiger partial charge is 0.372 e. The first-order chi connectivity index (χ1) is 9.10. The zero-order valence-corrected chi connectivity index (χ0v) is 11.1. The monoisotopic (exact) mass is 262 g/mol. The van der Waals surface area contributed by atoms with Crippen molar-refractivity contribution in [3.05, 3.63) is 29.8 Å². The van der Waals surface area contributed by atoms with Gasteiger partial charge in [0.05, 0.1) is 12.2 Å². The lowest BCUT2D eigenvalue weighted by atomic mass is 10.1. The summed E-state index contributed by atoms with van der Waals surface area (Å²) in [6.45, 7) is 5.15. The average Bonchev–Trinajstić information content (AvgIpc) is 2.38. The van der Waals surface area contributed by atoms with Crippen molar-refractivity contribution in [3.63, 3.8) is 0 Å². The van der Waals surface area contributed by atoms with Crippen LogP contribution in [0.4, 0.5) is 5.69 Å². The van der Waals surface area contributed by atoms with Crippen LogP contribution < -0.4 is 5.32 Å². The van der Waals surface area contributed by atoms with Crippen molar-refractivity contribution in [3.8, 4) is 0 Å². The molecule has 1 saturated heterocycles. The summed E-state index contributed by atoms with van der Waals surface area (Å²) in [5.74, 6) is -0.000321. The van der Waals surface area contributed by atoms with Crippen molar-refractivity contribution in [2.45, 2.75) is 26.1 Å². The molecular weight excluding hydrogens is 244 g/mol. The molecule has 2 atom stereocenters. The summed E-state index contributed by atoms with van der Waals surface area (Å²) >= 11 is 0. The maximum atomic E-state index is 12.3. The van der Waals surface area contributed by atoms with Crippen LogP contribution in [0.25, 0.3) is 0 Å².